The van der Waals surface area contributed by atoms with Crippen molar-refractivity contribution in [3.05, 3.63) is 70.7 Å². The molecule has 1 heterocycles. The van der Waals surface area contributed by atoms with Gasteiger partial charge in [-0.25, -0.2) is 13.8 Å². The molecule has 9 heteroatoms. The highest BCUT2D eigenvalue weighted by atomic mass is 32.1. The molecule has 1 aromatic heterocycles. The summed E-state index contributed by atoms with van der Waals surface area (Å²) in [4.78, 5) is 16.2. The number of nitrogens with one attached hydrogen (secondary N) is 1. The summed E-state index contributed by atoms with van der Waals surface area (Å²) in [7, 11) is 0. The highest BCUT2D eigenvalue weighted by Crippen LogP contribution is 2.31. The molecule has 0 saturated carbocycles. The number of amides is 1. The zero-order chi connectivity index (χ0) is 19.6. The Morgan fingerprint density at radius 2 is 1.67 bits per heavy atom. The first-order valence-electron chi connectivity index (χ1n) is 7.60. The predicted molar refractivity (Wildman–Crippen MR) is 91.2 cm³/mol. The predicted octanol–water partition coefficient (Wildman–Crippen LogP) is 5.29. The van der Waals surface area contributed by atoms with Crippen molar-refractivity contribution in [1.82, 2.24) is 4.98 Å². The summed E-state index contributed by atoms with van der Waals surface area (Å²) in [6.07, 6.45) is -4.66. The standard InChI is InChI=1S/C18H11F5N2OS/c19-13-2-1-3-14(20)16(13)25-15(26)8-12-9-27-17(24-12)10-4-6-11(7-5-10)18(21,22)23/h1-7,9H,8H2,(H,25,26). The molecule has 0 unspecified atom stereocenters. The van der Waals surface area contributed by atoms with Gasteiger partial charge in [0, 0.05) is 10.9 Å². The SMILES string of the molecule is O=C(Cc1csc(-c2ccc(C(F)(F)F)cc2)n1)Nc1c(F)cccc1F. The van der Waals surface area contributed by atoms with E-state index >= 15 is 0 Å². The fourth-order valence-electron chi connectivity index (χ4n) is 2.29. The van der Waals surface area contributed by atoms with Gasteiger partial charge in [-0.1, -0.05) is 18.2 Å². The third-order valence-electron chi connectivity index (χ3n) is 3.58. The van der Waals surface area contributed by atoms with Gasteiger partial charge in [0.05, 0.1) is 17.7 Å². The number of alkyl halides is 3. The first kappa shape index (κ1) is 19.0. The maximum Gasteiger partial charge on any atom is 0.416 e. The van der Waals surface area contributed by atoms with Crippen molar-refractivity contribution < 1.29 is 26.7 Å². The van der Waals surface area contributed by atoms with Crippen LogP contribution in [0.5, 0.6) is 0 Å². The highest BCUT2D eigenvalue weighted by molar-refractivity contribution is 7.13. The number of aromatic nitrogens is 1. The van der Waals surface area contributed by atoms with Crippen LogP contribution in [0.4, 0.5) is 27.6 Å². The Morgan fingerprint density at radius 1 is 1.04 bits per heavy atom. The van der Waals surface area contributed by atoms with E-state index in [2.05, 4.69) is 10.3 Å². The maximum atomic E-state index is 13.5. The molecule has 0 atom stereocenters. The molecule has 0 bridgehead atoms. The van der Waals surface area contributed by atoms with Crippen LogP contribution in [0.1, 0.15) is 11.3 Å². The van der Waals surface area contributed by atoms with Crippen LogP contribution in [0.3, 0.4) is 0 Å². The number of carbonyl (C=O) groups excluding carboxylic acids is 1. The lowest BCUT2D eigenvalue weighted by Gasteiger charge is -2.07. The van der Waals surface area contributed by atoms with Gasteiger partial charge in [0.25, 0.3) is 0 Å². The quantitative estimate of drug-likeness (QED) is 0.607. The number of thiazole rings is 1. The van der Waals surface area contributed by atoms with Crippen LogP contribution in [-0.2, 0) is 17.4 Å². The van der Waals surface area contributed by atoms with Gasteiger partial charge in [-0.05, 0) is 24.3 Å². The van der Waals surface area contributed by atoms with Crippen LogP contribution in [0.2, 0.25) is 0 Å². The van der Waals surface area contributed by atoms with Crippen LogP contribution in [0, 0.1) is 11.6 Å². The number of halogens is 5. The van der Waals surface area contributed by atoms with E-state index < -0.39 is 35.0 Å². The molecule has 0 aliphatic rings. The van der Waals surface area contributed by atoms with Crippen molar-refractivity contribution in [2.45, 2.75) is 12.6 Å². The van der Waals surface area contributed by atoms with Crippen molar-refractivity contribution in [2.24, 2.45) is 0 Å². The number of carbonyl (C=O) groups is 1. The molecule has 3 aromatic rings. The average molecular weight is 398 g/mol. The number of anilines is 1. The average Bonchev–Trinajstić information content (AvgIpc) is 3.06. The fraction of sp³-hybridized carbons (Fsp3) is 0.111. The zero-order valence-corrected chi connectivity index (χ0v) is 14.3. The number of nitrogens with zero attached hydrogens (tertiary/aromatic N) is 1. The van der Waals surface area contributed by atoms with Gasteiger partial charge in [-0.2, -0.15) is 13.2 Å². The highest BCUT2D eigenvalue weighted by Gasteiger charge is 2.30. The minimum Gasteiger partial charge on any atom is -0.321 e. The summed E-state index contributed by atoms with van der Waals surface area (Å²) in [5.74, 6) is -2.46. The lowest BCUT2D eigenvalue weighted by Crippen LogP contribution is -2.16. The summed E-state index contributed by atoms with van der Waals surface area (Å²) in [6, 6.07) is 7.69. The van der Waals surface area contributed by atoms with E-state index in [4.69, 9.17) is 0 Å². The lowest BCUT2D eigenvalue weighted by atomic mass is 10.1. The minimum absolute atomic E-state index is 0.231. The second-order valence-electron chi connectivity index (χ2n) is 5.54. The molecule has 1 amide bonds. The number of hydrogen-bond donors (Lipinski definition) is 1. The van der Waals surface area contributed by atoms with E-state index in [0.717, 1.165) is 35.6 Å². The van der Waals surface area contributed by atoms with E-state index in [1.807, 2.05) is 0 Å². The van der Waals surface area contributed by atoms with E-state index in [1.54, 1.807) is 5.38 Å². The first-order valence-corrected chi connectivity index (χ1v) is 8.48. The van der Waals surface area contributed by atoms with Crippen LogP contribution >= 0.6 is 11.3 Å². The topological polar surface area (TPSA) is 42.0 Å². The molecule has 3 rings (SSSR count). The Hall–Kier alpha value is -2.81. The number of benzene rings is 2. The van der Waals surface area contributed by atoms with Crippen molar-refractivity contribution in [1.29, 1.82) is 0 Å². The van der Waals surface area contributed by atoms with Crippen molar-refractivity contribution >= 4 is 22.9 Å². The Labute approximate surface area is 154 Å². The van der Waals surface area contributed by atoms with Gasteiger partial charge in [-0.15, -0.1) is 11.3 Å². The monoisotopic (exact) mass is 398 g/mol. The lowest BCUT2D eigenvalue weighted by molar-refractivity contribution is -0.137. The molecular weight excluding hydrogens is 387 g/mol. The molecular formula is C18H11F5N2OS. The van der Waals surface area contributed by atoms with Gasteiger partial charge in [-0.3, -0.25) is 4.79 Å². The van der Waals surface area contributed by atoms with Crippen LogP contribution < -0.4 is 5.32 Å². The van der Waals surface area contributed by atoms with Gasteiger partial charge >= 0.3 is 6.18 Å². The van der Waals surface area contributed by atoms with Crippen molar-refractivity contribution in [2.75, 3.05) is 5.32 Å². The molecule has 3 nitrogen and oxygen atoms in total. The molecule has 0 saturated heterocycles. The first-order chi connectivity index (χ1) is 12.7. The largest absolute Gasteiger partial charge is 0.416 e. The fourth-order valence-corrected chi connectivity index (χ4v) is 3.11. The van der Waals surface area contributed by atoms with Gasteiger partial charge in [0.1, 0.15) is 22.3 Å². The van der Waals surface area contributed by atoms with E-state index in [-0.39, 0.29) is 6.42 Å². The Balaban J connectivity index is 1.70. The molecule has 0 spiro atoms. The van der Waals surface area contributed by atoms with Crippen LogP contribution in [0.25, 0.3) is 10.6 Å². The van der Waals surface area contributed by atoms with Gasteiger partial charge in [0.15, 0.2) is 0 Å². The Kier molecular flexibility index (Phi) is 5.22. The summed E-state index contributed by atoms with van der Waals surface area (Å²) >= 11 is 1.15. The second kappa shape index (κ2) is 7.43. The molecule has 27 heavy (non-hydrogen) atoms. The summed E-state index contributed by atoms with van der Waals surface area (Å²) in [5, 5.41) is 4.14. The van der Waals surface area contributed by atoms with Crippen molar-refractivity contribution in [3.63, 3.8) is 0 Å². The molecule has 0 aliphatic carbocycles. The van der Waals surface area contributed by atoms with Crippen LogP contribution in [0.15, 0.2) is 47.8 Å². The minimum atomic E-state index is -4.42. The summed E-state index contributed by atoms with van der Waals surface area (Å²) in [5.41, 5.74) is -0.501. The van der Waals surface area contributed by atoms with Crippen molar-refractivity contribution in [3.8, 4) is 10.6 Å². The molecule has 1 N–H and O–H groups in total. The molecule has 0 radical (unpaired) electrons. The molecule has 0 fully saturated rings. The second-order valence-corrected chi connectivity index (χ2v) is 6.40. The number of rotatable bonds is 4. The number of hydrogen-bond acceptors (Lipinski definition) is 3. The van der Waals surface area contributed by atoms with Crippen LogP contribution in [-0.4, -0.2) is 10.9 Å². The molecule has 0 aliphatic heterocycles. The summed E-state index contributed by atoms with van der Waals surface area (Å²) in [6.45, 7) is 0. The Morgan fingerprint density at radius 3 is 2.26 bits per heavy atom. The zero-order valence-electron chi connectivity index (χ0n) is 13.5. The summed E-state index contributed by atoms with van der Waals surface area (Å²) < 4.78 is 64.9. The van der Waals surface area contributed by atoms with Gasteiger partial charge in [0.2, 0.25) is 5.91 Å². The normalized spacial score (nSPS) is 11.4. The number of para-hydroxylation sites is 1. The Bertz CT molecular complexity index is 946. The maximum absolute atomic E-state index is 13.5. The third-order valence-corrected chi connectivity index (χ3v) is 4.52. The van der Waals surface area contributed by atoms with E-state index in [0.29, 0.717) is 16.3 Å². The molecule has 2 aromatic carbocycles. The molecule has 140 valence electrons. The van der Waals surface area contributed by atoms with E-state index in [1.165, 1.54) is 18.2 Å². The van der Waals surface area contributed by atoms with Gasteiger partial charge < -0.3 is 5.32 Å². The smallest absolute Gasteiger partial charge is 0.321 e. The third kappa shape index (κ3) is 4.48. The van der Waals surface area contributed by atoms with E-state index in [9.17, 15) is 26.7 Å².